The number of para-hydroxylation sites is 1. The van der Waals surface area contributed by atoms with Crippen molar-refractivity contribution in [2.24, 2.45) is 5.92 Å². The molecular formula is C15H22N2O3. The number of amides is 2. The van der Waals surface area contributed by atoms with E-state index in [1.165, 1.54) is 0 Å². The van der Waals surface area contributed by atoms with E-state index in [1.807, 2.05) is 38.1 Å². The van der Waals surface area contributed by atoms with Gasteiger partial charge >= 0.3 is 12.0 Å². The van der Waals surface area contributed by atoms with Crippen molar-refractivity contribution in [3.63, 3.8) is 0 Å². The first-order valence-corrected chi connectivity index (χ1v) is 6.85. The predicted octanol–water partition coefficient (Wildman–Crippen LogP) is 2.64. The smallest absolute Gasteiger partial charge is 0.321 e. The highest BCUT2D eigenvalue weighted by atomic mass is 16.4. The van der Waals surface area contributed by atoms with Crippen LogP contribution in [0.25, 0.3) is 0 Å². The summed E-state index contributed by atoms with van der Waals surface area (Å²) in [6.07, 6.45) is 0.492. The highest BCUT2D eigenvalue weighted by molar-refractivity contribution is 5.92. The minimum Gasteiger partial charge on any atom is -0.481 e. The number of urea groups is 1. The summed E-state index contributed by atoms with van der Waals surface area (Å²) in [5.74, 6) is -1.43. The van der Waals surface area contributed by atoms with E-state index < -0.39 is 11.9 Å². The molecule has 2 N–H and O–H groups in total. The lowest BCUT2D eigenvalue weighted by molar-refractivity contribution is -0.141. The SMILES string of the molecule is CCC(CNC(=O)N(CC)c1ccccc1C)C(=O)O. The normalized spacial score (nSPS) is 11.8. The molecule has 0 aliphatic carbocycles. The number of nitrogens with zero attached hydrogens (tertiary/aromatic N) is 1. The maximum Gasteiger partial charge on any atom is 0.321 e. The molecule has 2 amide bonds. The summed E-state index contributed by atoms with van der Waals surface area (Å²) in [5.41, 5.74) is 1.85. The molecule has 1 rings (SSSR count). The molecule has 0 radical (unpaired) electrons. The van der Waals surface area contributed by atoms with E-state index >= 15 is 0 Å². The van der Waals surface area contributed by atoms with Crippen LogP contribution in [0.5, 0.6) is 0 Å². The molecule has 0 spiro atoms. The monoisotopic (exact) mass is 278 g/mol. The molecule has 1 atom stereocenters. The summed E-state index contributed by atoms with van der Waals surface area (Å²) in [6, 6.07) is 7.36. The molecule has 0 heterocycles. The molecule has 0 saturated carbocycles. The topological polar surface area (TPSA) is 69.6 Å². The van der Waals surface area contributed by atoms with Crippen LogP contribution in [0.3, 0.4) is 0 Å². The number of nitrogens with one attached hydrogen (secondary N) is 1. The van der Waals surface area contributed by atoms with Gasteiger partial charge in [0.15, 0.2) is 0 Å². The van der Waals surface area contributed by atoms with E-state index in [2.05, 4.69) is 5.32 Å². The molecule has 110 valence electrons. The van der Waals surface area contributed by atoms with Crippen LogP contribution in [-0.4, -0.2) is 30.2 Å². The van der Waals surface area contributed by atoms with Crippen molar-refractivity contribution in [2.75, 3.05) is 18.0 Å². The molecule has 20 heavy (non-hydrogen) atoms. The van der Waals surface area contributed by atoms with Crippen molar-refractivity contribution in [2.45, 2.75) is 27.2 Å². The van der Waals surface area contributed by atoms with Gasteiger partial charge in [-0.15, -0.1) is 0 Å². The molecule has 0 aliphatic heterocycles. The van der Waals surface area contributed by atoms with Crippen LogP contribution < -0.4 is 10.2 Å². The number of rotatable bonds is 6. The molecule has 1 aromatic rings. The van der Waals surface area contributed by atoms with Crippen LogP contribution in [0.2, 0.25) is 0 Å². The summed E-state index contributed by atoms with van der Waals surface area (Å²) in [6.45, 7) is 6.30. The highest BCUT2D eigenvalue weighted by Crippen LogP contribution is 2.19. The van der Waals surface area contributed by atoms with E-state index in [0.29, 0.717) is 13.0 Å². The van der Waals surface area contributed by atoms with Gasteiger partial charge in [0.05, 0.1) is 5.92 Å². The second-order valence-corrected chi connectivity index (χ2v) is 4.66. The first-order chi connectivity index (χ1) is 9.51. The molecule has 0 aromatic heterocycles. The van der Waals surface area contributed by atoms with Gasteiger partial charge < -0.3 is 10.4 Å². The molecule has 0 bridgehead atoms. The lowest BCUT2D eigenvalue weighted by atomic mass is 10.1. The molecule has 0 saturated heterocycles. The van der Waals surface area contributed by atoms with Crippen molar-refractivity contribution >= 4 is 17.7 Å². The minimum absolute atomic E-state index is 0.146. The number of aliphatic carboxylic acids is 1. The third kappa shape index (κ3) is 3.98. The average Bonchev–Trinajstić information content (AvgIpc) is 2.42. The van der Waals surface area contributed by atoms with Crippen LogP contribution >= 0.6 is 0 Å². The minimum atomic E-state index is -0.883. The van der Waals surface area contributed by atoms with E-state index in [4.69, 9.17) is 5.11 Å². The molecular weight excluding hydrogens is 256 g/mol. The fourth-order valence-electron chi connectivity index (χ4n) is 2.00. The van der Waals surface area contributed by atoms with Gasteiger partial charge in [0.2, 0.25) is 0 Å². The quantitative estimate of drug-likeness (QED) is 0.840. The number of aryl methyl sites for hydroxylation is 1. The molecule has 1 aromatic carbocycles. The van der Waals surface area contributed by atoms with Crippen molar-refractivity contribution in [3.05, 3.63) is 29.8 Å². The summed E-state index contributed by atoms with van der Waals surface area (Å²) in [5, 5.41) is 11.7. The van der Waals surface area contributed by atoms with E-state index in [0.717, 1.165) is 11.3 Å². The van der Waals surface area contributed by atoms with Crippen LogP contribution in [0.1, 0.15) is 25.8 Å². The van der Waals surface area contributed by atoms with Crippen molar-refractivity contribution in [3.8, 4) is 0 Å². The maximum atomic E-state index is 12.2. The van der Waals surface area contributed by atoms with Gasteiger partial charge in [-0.2, -0.15) is 0 Å². The van der Waals surface area contributed by atoms with Crippen molar-refractivity contribution < 1.29 is 14.7 Å². The summed E-state index contributed by atoms with van der Waals surface area (Å²) >= 11 is 0. The predicted molar refractivity (Wildman–Crippen MR) is 79.0 cm³/mol. The Bertz CT molecular complexity index is 474. The first kappa shape index (κ1) is 16.0. The van der Waals surface area contributed by atoms with Gasteiger partial charge in [0, 0.05) is 18.8 Å². The van der Waals surface area contributed by atoms with Crippen molar-refractivity contribution in [1.29, 1.82) is 0 Å². The number of carbonyl (C=O) groups excluding carboxylic acids is 1. The number of carboxylic acid groups (broad SMARTS) is 1. The van der Waals surface area contributed by atoms with E-state index in [-0.39, 0.29) is 12.6 Å². The fourth-order valence-corrected chi connectivity index (χ4v) is 2.00. The summed E-state index contributed by atoms with van der Waals surface area (Å²) < 4.78 is 0. The number of anilines is 1. The van der Waals surface area contributed by atoms with Gasteiger partial charge in [-0.25, -0.2) is 4.79 Å². The Labute approximate surface area is 119 Å². The fraction of sp³-hybridized carbons (Fsp3) is 0.467. The second kappa shape index (κ2) is 7.53. The Morgan fingerprint density at radius 2 is 1.95 bits per heavy atom. The van der Waals surface area contributed by atoms with Gasteiger partial charge in [-0.05, 0) is 31.9 Å². The Morgan fingerprint density at radius 1 is 1.30 bits per heavy atom. The third-order valence-electron chi connectivity index (χ3n) is 3.31. The number of benzene rings is 1. The van der Waals surface area contributed by atoms with Crippen LogP contribution in [0.15, 0.2) is 24.3 Å². The Hall–Kier alpha value is -2.04. The number of carboxylic acids is 1. The number of hydrogen-bond donors (Lipinski definition) is 2. The van der Waals surface area contributed by atoms with Crippen LogP contribution in [-0.2, 0) is 4.79 Å². The largest absolute Gasteiger partial charge is 0.481 e. The Balaban J connectivity index is 2.74. The highest BCUT2D eigenvalue weighted by Gasteiger charge is 2.19. The van der Waals surface area contributed by atoms with E-state index in [9.17, 15) is 9.59 Å². The molecule has 0 fully saturated rings. The summed E-state index contributed by atoms with van der Waals surface area (Å²) in [7, 11) is 0. The third-order valence-corrected chi connectivity index (χ3v) is 3.31. The van der Waals surface area contributed by atoms with Gasteiger partial charge in [-0.1, -0.05) is 25.1 Å². The van der Waals surface area contributed by atoms with Crippen LogP contribution in [0.4, 0.5) is 10.5 Å². The Kier molecular flexibility index (Phi) is 6.03. The molecule has 0 aliphatic rings. The van der Waals surface area contributed by atoms with Gasteiger partial charge in [0.25, 0.3) is 0 Å². The lowest BCUT2D eigenvalue weighted by Crippen LogP contribution is -2.43. The van der Waals surface area contributed by atoms with Crippen LogP contribution in [0, 0.1) is 12.8 Å². The zero-order valence-electron chi connectivity index (χ0n) is 12.2. The molecule has 5 nitrogen and oxygen atoms in total. The van der Waals surface area contributed by atoms with Gasteiger partial charge in [0.1, 0.15) is 0 Å². The maximum absolute atomic E-state index is 12.2. The molecule has 1 unspecified atom stereocenters. The molecule has 5 heteroatoms. The number of hydrogen-bond acceptors (Lipinski definition) is 2. The average molecular weight is 278 g/mol. The number of carbonyl (C=O) groups is 2. The van der Waals surface area contributed by atoms with Gasteiger partial charge in [-0.3, -0.25) is 9.69 Å². The Morgan fingerprint density at radius 3 is 2.45 bits per heavy atom. The second-order valence-electron chi connectivity index (χ2n) is 4.66. The summed E-state index contributed by atoms with van der Waals surface area (Å²) in [4.78, 5) is 24.7. The zero-order valence-corrected chi connectivity index (χ0v) is 12.2. The van der Waals surface area contributed by atoms with Crippen molar-refractivity contribution in [1.82, 2.24) is 5.32 Å². The zero-order chi connectivity index (χ0) is 15.1. The standard InChI is InChI=1S/C15H22N2O3/c1-4-12(14(18)19)10-16-15(20)17(5-2)13-9-7-6-8-11(13)3/h6-9,12H,4-5,10H2,1-3H3,(H,16,20)(H,18,19). The lowest BCUT2D eigenvalue weighted by Gasteiger charge is -2.24. The first-order valence-electron chi connectivity index (χ1n) is 6.85. The van der Waals surface area contributed by atoms with E-state index in [1.54, 1.807) is 11.8 Å².